The molecule has 0 aliphatic carbocycles. The molecule has 4 heteroatoms. The summed E-state index contributed by atoms with van der Waals surface area (Å²) in [7, 11) is 3.93. The van der Waals surface area contributed by atoms with E-state index in [9.17, 15) is 0 Å². The average Bonchev–Trinajstić information content (AvgIpc) is 2.15. The number of nitrogens with zero attached hydrogens (tertiary/aromatic N) is 4. The van der Waals surface area contributed by atoms with Gasteiger partial charge in [-0.15, -0.1) is 0 Å². The average molecular weight is 178 g/mol. The van der Waals surface area contributed by atoms with E-state index in [0.29, 0.717) is 5.95 Å². The van der Waals surface area contributed by atoms with Crippen LogP contribution in [-0.4, -0.2) is 34.8 Å². The molecule has 1 aromatic heterocycles. The van der Waals surface area contributed by atoms with Gasteiger partial charge < -0.3 is 4.90 Å². The molecule has 0 saturated heterocycles. The maximum Gasteiger partial charge on any atom is 0.250 e. The second kappa shape index (κ2) is 4.54. The Morgan fingerprint density at radius 1 is 1.38 bits per heavy atom. The van der Waals surface area contributed by atoms with Crippen LogP contribution in [0.1, 0.15) is 13.3 Å². The first-order valence-electron chi connectivity index (χ1n) is 4.26. The highest BCUT2D eigenvalue weighted by atomic mass is 15.2. The van der Waals surface area contributed by atoms with Crippen LogP contribution in [0.4, 0.5) is 5.95 Å². The van der Waals surface area contributed by atoms with Gasteiger partial charge in [0, 0.05) is 32.9 Å². The van der Waals surface area contributed by atoms with Crippen molar-refractivity contribution in [2.24, 2.45) is 4.99 Å². The molecule has 13 heavy (non-hydrogen) atoms. The van der Waals surface area contributed by atoms with Crippen LogP contribution < -0.4 is 0 Å². The van der Waals surface area contributed by atoms with Gasteiger partial charge in [0.15, 0.2) is 0 Å². The molecule has 0 aliphatic rings. The first-order valence-corrected chi connectivity index (χ1v) is 4.26. The smallest absolute Gasteiger partial charge is 0.250 e. The molecule has 0 radical (unpaired) electrons. The SMILES string of the molecule is CCC(=Nc1ncccn1)N(C)C. The number of aromatic nitrogens is 2. The van der Waals surface area contributed by atoms with Gasteiger partial charge in [-0.25, -0.2) is 9.97 Å². The van der Waals surface area contributed by atoms with Gasteiger partial charge in [0.2, 0.25) is 0 Å². The van der Waals surface area contributed by atoms with E-state index in [4.69, 9.17) is 0 Å². The summed E-state index contributed by atoms with van der Waals surface area (Å²) in [6.45, 7) is 2.06. The van der Waals surface area contributed by atoms with Gasteiger partial charge in [-0.2, -0.15) is 4.99 Å². The summed E-state index contributed by atoms with van der Waals surface area (Å²) in [4.78, 5) is 14.3. The number of hydrogen-bond donors (Lipinski definition) is 0. The summed E-state index contributed by atoms with van der Waals surface area (Å²) in [6, 6.07) is 1.78. The molecule has 1 rings (SSSR count). The third-order valence-corrected chi connectivity index (χ3v) is 1.61. The topological polar surface area (TPSA) is 41.4 Å². The Kier molecular flexibility index (Phi) is 3.37. The van der Waals surface area contributed by atoms with Crippen LogP contribution >= 0.6 is 0 Å². The minimum atomic E-state index is 0.521. The number of rotatable bonds is 2. The summed E-state index contributed by atoms with van der Waals surface area (Å²) < 4.78 is 0. The van der Waals surface area contributed by atoms with Crippen molar-refractivity contribution in [1.29, 1.82) is 0 Å². The monoisotopic (exact) mass is 178 g/mol. The molecule has 0 saturated carbocycles. The zero-order valence-electron chi connectivity index (χ0n) is 8.23. The van der Waals surface area contributed by atoms with Crippen molar-refractivity contribution < 1.29 is 0 Å². The van der Waals surface area contributed by atoms with Crippen LogP contribution in [0, 0.1) is 0 Å². The highest BCUT2D eigenvalue weighted by Crippen LogP contribution is 2.03. The highest BCUT2D eigenvalue weighted by molar-refractivity contribution is 5.83. The van der Waals surface area contributed by atoms with Gasteiger partial charge in [0.25, 0.3) is 5.95 Å². The van der Waals surface area contributed by atoms with E-state index >= 15 is 0 Å². The van der Waals surface area contributed by atoms with Gasteiger partial charge in [-0.05, 0) is 6.07 Å². The Hall–Kier alpha value is -1.45. The third kappa shape index (κ3) is 2.82. The molecule has 4 nitrogen and oxygen atoms in total. The van der Waals surface area contributed by atoms with Crippen LogP contribution in [0.5, 0.6) is 0 Å². The van der Waals surface area contributed by atoms with Crippen molar-refractivity contribution in [2.75, 3.05) is 14.1 Å². The van der Waals surface area contributed by atoms with E-state index < -0.39 is 0 Å². The van der Waals surface area contributed by atoms with Crippen molar-refractivity contribution in [1.82, 2.24) is 14.9 Å². The molecule has 0 atom stereocenters. The van der Waals surface area contributed by atoms with Gasteiger partial charge in [-0.1, -0.05) is 6.92 Å². The molecule has 0 spiro atoms. The van der Waals surface area contributed by atoms with Gasteiger partial charge in [0.1, 0.15) is 5.84 Å². The summed E-state index contributed by atoms with van der Waals surface area (Å²) in [5.74, 6) is 1.50. The Bertz CT molecular complexity index is 279. The van der Waals surface area contributed by atoms with Crippen molar-refractivity contribution in [3.8, 4) is 0 Å². The summed E-state index contributed by atoms with van der Waals surface area (Å²) in [6.07, 6.45) is 4.26. The molecular weight excluding hydrogens is 164 g/mol. The minimum absolute atomic E-state index is 0.521. The maximum absolute atomic E-state index is 4.30. The largest absolute Gasteiger partial charge is 0.366 e. The second-order valence-electron chi connectivity index (χ2n) is 2.82. The number of aliphatic imine (C=N–C) groups is 1. The molecule has 70 valence electrons. The molecular formula is C9H14N4. The molecule has 1 heterocycles. The predicted molar refractivity (Wildman–Crippen MR) is 53.1 cm³/mol. The van der Waals surface area contributed by atoms with Crippen LogP contribution in [0.15, 0.2) is 23.5 Å². The standard InChI is InChI=1S/C9H14N4/c1-4-8(13(2)3)12-9-10-6-5-7-11-9/h5-7H,4H2,1-3H3. The van der Waals surface area contributed by atoms with E-state index in [1.165, 1.54) is 0 Å². The molecule has 0 fully saturated rings. The molecule has 0 unspecified atom stereocenters. The van der Waals surface area contributed by atoms with Crippen molar-refractivity contribution in [3.05, 3.63) is 18.5 Å². The van der Waals surface area contributed by atoms with E-state index in [-0.39, 0.29) is 0 Å². The number of hydrogen-bond acceptors (Lipinski definition) is 3. The predicted octanol–water partition coefficient (Wildman–Crippen LogP) is 1.48. The van der Waals surface area contributed by atoms with Gasteiger partial charge >= 0.3 is 0 Å². The lowest BCUT2D eigenvalue weighted by Gasteiger charge is -2.12. The van der Waals surface area contributed by atoms with Gasteiger partial charge in [0.05, 0.1) is 0 Å². The first-order chi connectivity index (χ1) is 6.24. The molecule has 0 amide bonds. The van der Waals surface area contributed by atoms with E-state index in [2.05, 4.69) is 21.9 Å². The summed E-state index contributed by atoms with van der Waals surface area (Å²) >= 11 is 0. The molecule has 1 aromatic rings. The molecule has 0 aliphatic heterocycles. The highest BCUT2D eigenvalue weighted by Gasteiger charge is 1.99. The fourth-order valence-corrected chi connectivity index (χ4v) is 0.960. The zero-order valence-corrected chi connectivity index (χ0v) is 8.23. The maximum atomic E-state index is 4.30. The molecule has 0 bridgehead atoms. The zero-order chi connectivity index (χ0) is 9.68. The lowest BCUT2D eigenvalue weighted by Crippen LogP contribution is -2.20. The lowest BCUT2D eigenvalue weighted by molar-refractivity contribution is 0.607. The Morgan fingerprint density at radius 3 is 2.46 bits per heavy atom. The minimum Gasteiger partial charge on any atom is -0.366 e. The van der Waals surface area contributed by atoms with Crippen molar-refractivity contribution in [3.63, 3.8) is 0 Å². The molecule has 0 aromatic carbocycles. The van der Waals surface area contributed by atoms with Crippen LogP contribution in [-0.2, 0) is 0 Å². The third-order valence-electron chi connectivity index (χ3n) is 1.61. The van der Waals surface area contributed by atoms with E-state index in [1.54, 1.807) is 18.5 Å². The Balaban J connectivity index is 2.85. The van der Waals surface area contributed by atoms with Gasteiger partial charge in [-0.3, -0.25) is 0 Å². The summed E-state index contributed by atoms with van der Waals surface area (Å²) in [5.41, 5.74) is 0. The molecule has 0 N–H and O–H groups in total. The number of amidine groups is 1. The quantitative estimate of drug-likeness (QED) is 0.508. The normalized spacial score (nSPS) is 11.5. The lowest BCUT2D eigenvalue weighted by atomic mass is 10.4. The van der Waals surface area contributed by atoms with Crippen molar-refractivity contribution >= 4 is 11.8 Å². The van der Waals surface area contributed by atoms with E-state index in [0.717, 1.165) is 12.3 Å². The Morgan fingerprint density at radius 2 is 2.00 bits per heavy atom. The van der Waals surface area contributed by atoms with Crippen LogP contribution in [0.2, 0.25) is 0 Å². The van der Waals surface area contributed by atoms with Crippen molar-refractivity contribution in [2.45, 2.75) is 13.3 Å². The fourth-order valence-electron chi connectivity index (χ4n) is 0.960. The summed E-state index contributed by atoms with van der Waals surface area (Å²) in [5, 5.41) is 0. The second-order valence-corrected chi connectivity index (χ2v) is 2.82. The first kappa shape index (κ1) is 9.64. The van der Waals surface area contributed by atoms with Crippen LogP contribution in [0.3, 0.4) is 0 Å². The van der Waals surface area contributed by atoms with E-state index in [1.807, 2.05) is 19.0 Å². The Labute approximate surface area is 78.4 Å². The van der Waals surface area contributed by atoms with Crippen LogP contribution in [0.25, 0.3) is 0 Å². The fraction of sp³-hybridized carbons (Fsp3) is 0.444.